The summed E-state index contributed by atoms with van der Waals surface area (Å²) in [5, 5.41) is 3.54. The monoisotopic (exact) mass is 274 g/mol. The van der Waals surface area contributed by atoms with Gasteiger partial charge in [-0.1, -0.05) is 44.2 Å². The van der Waals surface area contributed by atoms with Gasteiger partial charge in [-0.05, 0) is 37.4 Å². The van der Waals surface area contributed by atoms with Gasteiger partial charge < -0.3 is 5.32 Å². The zero-order valence-corrected chi connectivity index (χ0v) is 13.5. The minimum Gasteiger partial charge on any atom is -0.312 e. The van der Waals surface area contributed by atoms with Crippen molar-refractivity contribution in [2.24, 2.45) is 5.92 Å². The molecule has 0 aliphatic carbocycles. The van der Waals surface area contributed by atoms with Gasteiger partial charge in [0, 0.05) is 25.7 Å². The van der Waals surface area contributed by atoms with E-state index in [9.17, 15) is 0 Å². The topological polar surface area (TPSA) is 15.3 Å². The van der Waals surface area contributed by atoms with Crippen LogP contribution in [0.3, 0.4) is 0 Å². The predicted molar refractivity (Wildman–Crippen MR) is 88.7 cm³/mol. The van der Waals surface area contributed by atoms with E-state index in [4.69, 9.17) is 0 Å². The van der Waals surface area contributed by atoms with Crippen molar-refractivity contribution in [3.8, 4) is 0 Å². The lowest BCUT2D eigenvalue weighted by Gasteiger charge is -2.26. The molecule has 20 heavy (non-hydrogen) atoms. The van der Waals surface area contributed by atoms with Gasteiger partial charge in [-0.2, -0.15) is 0 Å². The van der Waals surface area contributed by atoms with Gasteiger partial charge in [-0.3, -0.25) is 4.90 Å². The van der Waals surface area contributed by atoms with Crippen LogP contribution in [0.25, 0.3) is 0 Å². The number of nitrogens with one attached hydrogen (secondary N) is 1. The molecule has 0 aliphatic heterocycles. The molecule has 2 heteroatoms. The van der Waals surface area contributed by atoms with E-state index < -0.39 is 0 Å². The van der Waals surface area contributed by atoms with Crippen LogP contribution >= 0.6 is 0 Å². The minimum absolute atomic E-state index is 0.532. The molecule has 0 atom stereocenters. The molecule has 1 aromatic rings. The summed E-state index contributed by atoms with van der Waals surface area (Å²) < 4.78 is 0. The first kappa shape index (κ1) is 16.9. The molecule has 0 heterocycles. The average Bonchev–Trinajstić information content (AvgIpc) is 2.39. The third kappa shape index (κ3) is 5.89. The predicted octanol–water partition coefficient (Wildman–Crippen LogP) is 3.83. The van der Waals surface area contributed by atoms with E-state index in [0.29, 0.717) is 12.0 Å². The van der Waals surface area contributed by atoms with Gasteiger partial charge in [-0.25, -0.2) is 0 Å². The van der Waals surface area contributed by atoms with Gasteiger partial charge in [0.1, 0.15) is 0 Å². The first-order chi connectivity index (χ1) is 9.54. The summed E-state index contributed by atoms with van der Waals surface area (Å²) in [6.45, 7) is 16.8. The molecule has 1 aromatic carbocycles. The molecule has 0 saturated carbocycles. The third-order valence-corrected chi connectivity index (χ3v) is 3.45. The number of hydrogen-bond donors (Lipinski definition) is 1. The Morgan fingerprint density at radius 3 is 2.35 bits per heavy atom. The summed E-state index contributed by atoms with van der Waals surface area (Å²) in [5.74, 6) is 0.690. The Morgan fingerprint density at radius 2 is 1.80 bits per heavy atom. The Morgan fingerprint density at radius 1 is 1.15 bits per heavy atom. The van der Waals surface area contributed by atoms with Crippen molar-refractivity contribution in [1.82, 2.24) is 10.2 Å². The Balaban J connectivity index is 2.70. The van der Waals surface area contributed by atoms with Crippen LogP contribution in [0.2, 0.25) is 0 Å². The first-order valence-electron chi connectivity index (χ1n) is 7.67. The SMILES string of the molecule is C=CCN(Cc1ccccc1CNCC(C)C)C(C)C. The number of benzene rings is 1. The van der Waals surface area contributed by atoms with Crippen LogP contribution in [0.4, 0.5) is 0 Å². The second-order valence-corrected chi connectivity index (χ2v) is 6.11. The van der Waals surface area contributed by atoms with E-state index in [1.54, 1.807) is 0 Å². The lowest BCUT2D eigenvalue weighted by molar-refractivity contribution is 0.236. The van der Waals surface area contributed by atoms with E-state index >= 15 is 0 Å². The molecule has 112 valence electrons. The van der Waals surface area contributed by atoms with Crippen LogP contribution in [-0.2, 0) is 13.1 Å². The van der Waals surface area contributed by atoms with E-state index in [2.05, 4.69) is 68.8 Å². The second-order valence-electron chi connectivity index (χ2n) is 6.11. The third-order valence-electron chi connectivity index (χ3n) is 3.45. The van der Waals surface area contributed by atoms with E-state index in [1.165, 1.54) is 11.1 Å². The van der Waals surface area contributed by atoms with Crippen LogP contribution in [0.15, 0.2) is 36.9 Å². The van der Waals surface area contributed by atoms with E-state index in [-0.39, 0.29) is 0 Å². The molecule has 0 spiro atoms. The summed E-state index contributed by atoms with van der Waals surface area (Å²) >= 11 is 0. The van der Waals surface area contributed by atoms with E-state index in [0.717, 1.165) is 26.2 Å². The van der Waals surface area contributed by atoms with Gasteiger partial charge >= 0.3 is 0 Å². The quantitative estimate of drug-likeness (QED) is 0.689. The Hall–Kier alpha value is -1.12. The highest BCUT2D eigenvalue weighted by Gasteiger charge is 2.10. The van der Waals surface area contributed by atoms with Gasteiger partial charge in [0.15, 0.2) is 0 Å². The fourth-order valence-electron chi connectivity index (χ4n) is 2.22. The smallest absolute Gasteiger partial charge is 0.0242 e. The van der Waals surface area contributed by atoms with Gasteiger partial charge in [0.05, 0.1) is 0 Å². The van der Waals surface area contributed by atoms with E-state index in [1.807, 2.05) is 6.08 Å². The maximum Gasteiger partial charge on any atom is 0.0242 e. The molecule has 0 saturated heterocycles. The van der Waals surface area contributed by atoms with Crippen LogP contribution in [0, 0.1) is 5.92 Å². The number of nitrogens with zero attached hydrogens (tertiary/aromatic N) is 1. The summed E-state index contributed by atoms with van der Waals surface area (Å²) in [6, 6.07) is 9.26. The van der Waals surface area contributed by atoms with Gasteiger partial charge in [0.25, 0.3) is 0 Å². The Kier molecular flexibility index (Phi) is 7.56. The van der Waals surface area contributed by atoms with Gasteiger partial charge in [-0.15, -0.1) is 6.58 Å². The van der Waals surface area contributed by atoms with Crippen LogP contribution in [-0.4, -0.2) is 24.0 Å². The number of hydrogen-bond acceptors (Lipinski definition) is 2. The zero-order valence-electron chi connectivity index (χ0n) is 13.5. The van der Waals surface area contributed by atoms with Crippen molar-refractivity contribution in [1.29, 1.82) is 0 Å². The fraction of sp³-hybridized carbons (Fsp3) is 0.556. The Labute approximate surface area is 124 Å². The molecule has 2 nitrogen and oxygen atoms in total. The molecular formula is C18H30N2. The van der Waals surface area contributed by atoms with Gasteiger partial charge in [0.2, 0.25) is 0 Å². The summed E-state index contributed by atoms with van der Waals surface area (Å²) in [7, 11) is 0. The standard InChI is InChI=1S/C18H30N2/c1-6-11-20(16(4)5)14-18-10-8-7-9-17(18)13-19-12-15(2)3/h6-10,15-16,19H,1,11-14H2,2-5H3. The fourth-order valence-corrected chi connectivity index (χ4v) is 2.22. The lowest BCUT2D eigenvalue weighted by atomic mass is 10.1. The minimum atomic E-state index is 0.532. The highest BCUT2D eigenvalue weighted by atomic mass is 15.1. The average molecular weight is 274 g/mol. The van der Waals surface area contributed by atoms with Crippen molar-refractivity contribution in [3.63, 3.8) is 0 Å². The van der Waals surface area contributed by atoms with Crippen molar-refractivity contribution in [2.75, 3.05) is 13.1 Å². The lowest BCUT2D eigenvalue weighted by Crippen LogP contribution is -2.31. The van der Waals surface area contributed by atoms with Crippen LogP contribution in [0.5, 0.6) is 0 Å². The summed E-state index contributed by atoms with van der Waals surface area (Å²) in [4.78, 5) is 2.44. The van der Waals surface area contributed by atoms with Crippen LogP contribution in [0.1, 0.15) is 38.8 Å². The highest BCUT2D eigenvalue weighted by Crippen LogP contribution is 2.14. The van der Waals surface area contributed by atoms with Crippen molar-refractivity contribution >= 4 is 0 Å². The molecule has 0 bridgehead atoms. The van der Waals surface area contributed by atoms with Crippen molar-refractivity contribution < 1.29 is 0 Å². The molecule has 1 rings (SSSR count). The molecular weight excluding hydrogens is 244 g/mol. The summed E-state index contributed by atoms with van der Waals surface area (Å²) in [5.41, 5.74) is 2.82. The molecule has 0 radical (unpaired) electrons. The molecule has 1 N–H and O–H groups in total. The summed E-state index contributed by atoms with van der Waals surface area (Å²) in [6.07, 6.45) is 1.99. The highest BCUT2D eigenvalue weighted by molar-refractivity contribution is 5.27. The first-order valence-corrected chi connectivity index (χ1v) is 7.67. The maximum atomic E-state index is 3.86. The number of rotatable bonds is 9. The molecule has 0 aromatic heterocycles. The second kappa shape index (κ2) is 8.93. The molecule has 0 amide bonds. The van der Waals surface area contributed by atoms with Crippen molar-refractivity contribution in [2.45, 2.75) is 46.8 Å². The molecule has 0 unspecified atom stereocenters. The van der Waals surface area contributed by atoms with Crippen molar-refractivity contribution in [3.05, 3.63) is 48.0 Å². The maximum absolute atomic E-state index is 3.86. The zero-order chi connectivity index (χ0) is 15.0. The normalized spacial score (nSPS) is 11.6. The molecule has 0 fully saturated rings. The van der Waals surface area contributed by atoms with Crippen LogP contribution < -0.4 is 5.32 Å². The Bertz CT molecular complexity index is 396. The molecule has 0 aliphatic rings. The largest absolute Gasteiger partial charge is 0.312 e.